The van der Waals surface area contributed by atoms with Gasteiger partial charge in [-0.15, -0.1) is 0 Å². The average Bonchev–Trinajstić information content (AvgIpc) is 2.57. The highest BCUT2D eigenvalue weighted by atomic mass is 16.3. The van der Waals surface area contributed by atoms with Crippen molar-refractivity contribution in [3.63, 3.8) is 0 Å². The van der Waals surface area contributed by atoms with Gasteiger partial charge in [0.1, 0.15) is 0 Å². The number of nitrogens with zero attached hydrogens (tertiary/aromatic N) is 2. The Morgan fingerprint density at radius 1 is 1.42 bits per heavy atom. The van der Waals surface area contributed by atoms with Gasteiger partial charge < -0.3 is 10.0 Å². The molecule has 104 valence electrons. The standard InChI is InChI=1S/C15H22N2O2/c1-14(2)10-17(11-15(14,3)19)13(18)7-6-12-5-4-8-16-9-12/h4-5,8-9,19H,6-7,10-11H2,1-3H3/t15-/m0/s1. The smallest absolute Gasteiger partial charge is 0.223 e. The molecular formula is C15H22N2O2. The predicted molar refractivity (Wildman–Crippen MR) is 73.5 cm³/mol. The molecule has 0 unspecified atom stereocenters. The molecule has 19 heavy (non-hydrogen) atoms. The van der Waals surface area contributed by atoms with Crippen LogP contribution in [-0.4, -0.2) is 39.6 Å². The van der Waals surface area contributed by atoms with Crippen molar-refractivity contribution in [2.45, 2.75) is 39.2 Å². The van der Waals surface area contributed by atoms with Crippen molar-refractivity contribution < 1.29 is 9.90 Å². The van der Waals surface area contributed by atoms with Gasteiger partial charge in [-0.25, -0.2) is 0 Å². The molecule has 0 bridgehead atoms. The Morgan fingerprint density at radius 3 is 2.68 bits per heavy atom. The van der Waals surface area contributed by atoms with Crippen LogP contribution in [0.15, 0.2) is 24.5 Å². The van der Waals surface area contributed by atoms with Crippen LogP contribution < -0.4 is 0 Å². The highest BCUT2D eigenvalue weighted by molar-refractivity contribution is 5.77. The summed E-state index contributed by atoms with van der Waals surface area (Å²) in [6.07, 6.45) is 4.69. The number of aromatic nitrogens is 1. The summed E-state index contributed by atoms with van der Waals surface area (Å²) in [4.78, 5) is 18.0. The number of β-amino-alcohol motifs (C(OH)–C–C–N with tert-alkyl or cyclic N) is 1. The van der Waals surface area contributed by atoms with Crippen molar-refractivity contribution in [3.05, 3.63) is 30.1 Å². The van der Waals surface area contributed by atoms with Gasteiger partial charge in [-0.3, -0.25) is 9.78 Å². The Morgan fingerprint density at radius 2 is 2.16 bits per heavy atom. The van der Waals surface area contributed by atoms with Gasteiger partial charge in [0.2, 0.25) is 5.91 Å². The van der Waals surface area contributed by atoms with E-state index in [-0.39, 0.29) is 11.3 Å². The molecule has 0 aliphatic carbocycles. The van der Waals surface area contributed by atoms with Crippen molar-refractivity contribution in [1.82, 2.24) is 9.88 Å². The number of carbonyl (C=O) groups is 1. The summed E-state index contributed by atoms with van der Waals surface area (Å²) >= 11 is 0. The molecule has 4 nitrogen and oxygen atoms in total. The van der Waals surface area contributed by atoms with E-state index < -0.39 is 5.60 Å². The number of hydrogen-bond donors (Lipinski definition) is 1. The third kappa shape index (κ3) is 2.95. The van der Waals surface area contributed by atoms with Gasteiger partial charge in [0.15, 0.2) is 0 Å². The summed E-state index contributed by atoms with van der Waals surface area (Å²) in [6.45, 7) is 6.85. The first-order chi connectivity index (χ1) is 8.82. The van der Waals surface area contributed by atoms with Gasteiger partial charge in [-0.05, 0) is 25.0 Å². The van der Waals surface area contributed by atoms with Crippen LogP contribution in [0.4, 0.5) is 0 Å². The Hall–Kier alpha value is -1.42. The second-order valence-corrected chi connectivity index (χ2v) is 6.27. The van der Waals surface area contributed by atoms with E-state index in [1.54, 1.807) is 24.2 Å². The fourth-order valence-electron chi connectivity index (χ4n) is 2.42. The number of aryl methyl sites for hydroxylation is 1. The minimum atomic E-state index is -0.809. The molecule has 1 N–H and O–H groups in total. The number of amides is 1. The third-order valence-electron chi connectivity index (χ3n) is 4.25. The van der Waals surface area contributed by atoms with Crippen LogP contribution in [0.3, 0.4) is 0 Å². The van der Waals surface area contributed by atoms with E-state index in [1.807, 2.05) is 26.0 Å². The molecule has 0 radical (unpaired) electrons. The molecule has 1 aliphatic rings. The lowest BCUT2D eigenvalue weighted by molar-refractivity contribution is -0.131. The molecule has 0 spiro atoms. The summed E-state index contributed by atoms with van der Waals surface area (Å²) in [6, 6.07) is 3.86. The summed E-state index contributed by atoms with van der Waals surface area (Å²) < 4.78 is 0. The Bertz CT molecular complexity index is 438. The second-order valence-electron chi connectivity index (χ2n) is 6.27. The molecule has 1 aliphatic heterocycles. The topological polar surface area (TPSA) is 53.4 Å². The lowest BCUT2D eigenvalue weighted by Gasteiger charge is -2.30. The van der Waals surface area contributed by atoms with E-state index in [2.05, 4.69) is 4.98 Å². The number of hydrogen-bond acceptors (Lipinski definition) is 3. The van der Waals surface area contributed by atoms with Crippen molar-refractivity contribution in [2.75, 3.05) is 13.1 Å². The van der Waals surface area contributed by atoms with Crippen LogP contribution in [0.5, 0.6) is 0 Å². The normalized spacial score (nSPS) is 25.6. The number of likely N-dealkylation sites (tertiary alicyclic amines) is 1. The number of aliphatic hydroxyl groups is 1. The average molecular weight is 262 g/mol. The van der Waals surface area contributed by atoms with E-state index in [1.165, 1.54) is 0 Å². The van der Waals surface area contributed by atoms with Crippen molar-refractivity contribution in [1.29, 1.82) is 0 Å². The zero-order chi connectivity index (χ0) is 14.1. The first kappa shape index (κ1) is 14.0. The van der Waals surface area contributed by atoms with Gasteiger partial charge >= 0.3 is 0 Å². The van der Waals surface area contributed by atoms with Gasteiger partial charge in [0.05, 0.1) is 5.60 Å². The molecule has 1 amide bonds. The molecule has 0 aromatic carbocycles. The van der Waals surface area contributed by atoms with Crippen LogP contribution in [0.2, 0.25) is 0 Å². The number of carbonyl (C=O) groups excluding carboxylic acids is 1. The molecule has 1 atom stereocenters. The minimum absolute atomic E-state index is 0.106. The molecular weight excluding hydrogens is 240 g/mol. The zero-order valence-corrected chi connectivity index (χ0v) is 11.9. The van der Waals surface area contributed by atoms with Crippen LogP contribution in [-0.2, 0) is 11.2 Å². The maximum absolute atomic E-state index is 12.2. The molecule has 1 aromatic rings. The Balaban J connectivity index is 1.92. The second kappa shape index (κ2) is 4.93. The van der Waals surface area contributed by atoms with Gasteiger partial charge in [0, 0.05) is 37.3 Å². The molecule has 2 heterocycles. The van der Waals surface area contributed by atoms with E-state index >= 15 is 0 Å². The first-order valence-electron chi connectivity index (χ1n) is 6.71. The monoisotopic (exact) mass is 262 g/mol. The molecule has 1 fully saturated rings. The zero-order valence-electron chi connectivity index (χ0n) is 11.9. The van der Waals surface area contributed by atoms with E-state index in [4.69, 9.17) is 0 Å². The van der Waals surface area contributed by atoms with Gasteiger partial charge in [0.25, 0.3) is 0 Å². The Kier molecular flexibility index (Phi) is 3.63. The summed E-state index contributed by atoms with van der Waals surface area (Å²) in [5.41, 5.74) is 0.00885. The summed E-state index contributed by atoms with van der Waals surface area (Å²) in [5.74, 6) is 0.106. The quantitative estimate of drug-likeness (QED) is 0.901. The lowest BCUT2D eigenvalue weighted by atomic mass is 9.79. The maximum Gasteiger partial charge on any atom is 0.223 e. The van der Waals surface area contributed by atoms with Crippen molar-refractivity contribution in [3.8, 4) is 0 Å². The van der Waals surface area contributed by atoms with Gasteiger partial charge in [-0.2, -0.15) is 0 Å². The summed E-state index contributed by atoms with van der Waals surface area (Å²) in [7, 11) is 0. The lowest BCUT2D eigenvalue weighted by Crippen LogP contribution is -2.40. The number of rotatable bonds is 3. The van der Waals surface area contributed by atoms with E-state index in [0.717, 1.165) is 5.56 Å². The third-order valence-corrected chi connectivity index (χ3v) is 4.25. The maximum atomic E-state index is 12.2. The molecule has 4 heteroatoms. The van der Waals surface area contributed by atoms with Crippen molar-refractivity contribution in [2.24, 2.45) is 5.41 Å². The SMILES string of the molecule is CC1(C)CN(C(=O)CCc2cccnc2)C[C@]1(C)O. The highest BCUT2D eigenvalue weighted by Crippen LogP contribution is 2.38. The highest BCUT2D eigenvalue weighted by Gasteiger charge is 2.48. The Labute approximate surface area is 114 Å². The first-order valence-corrected chi connectivity index (χ1v) is 6.71. The van der Waals surface area contributed by atoms with Gasteiger partial charge in [-0.1, -0.05) is 19.9 Å². The minimum Gasteiger partial charge on any atom is -0.388 e. The molecule has 1 saturated heterocycles. The van der Waals surface area contributed by atoms with Crippen LogP contribution in [0.25, 0.3) is 0 Å². The van der Waals surface area contributed by atoms with Crippen LogP contribution >= 0.6 is 0 Å². The summed E-state index contributed by atoms with van der Waals surface area (Å²) in [5, 5.41) is 10.3. The molecule has 0 saturated carbocycles. The van der Waals surface area contributed by atoms with Crippen LogP contribution in [0.1, 0.15) is 32.8 Å². The van der Waals surface area contributed by atoms with Crippen LogP contribution in [0, 0.1) is 5.41 Å². The largest absolute Gasteiger partial charge is 0.388 e. The van der Waals surface area contributed by atoms with Crippen molar-refractivity contribution >= 4 is 5.91 Å². The number of pyridine rings is 1. The van der Waals surface area contributed by atoms with E-state index in [9.17, 15) is 9.90 Å². The fourth-order valence-corrected chi connectivity index (χ4v) is 2.42. The fraction of sp³-hybridized carbons (Fsp3) is 0.600. The molecule has 1 aromatic heterocycles. The molecule has 2 rings (SSSR count). The predicted octanol–water partition coefficient (Wildman–Crippen LogP) is 1.63. The van der Waals surface area contributed by atoms with E-state index in [0.29, 0.717) is 25.9 Å².